The molecule has 0 fully saturated rings. The van der Waals surface area contributed by atoms with Crippen LogP contribution in [0, 0.1) is 0 Å². The Morgan fingerprint density at radius 1 is 1.07 bits per heavy atom. The van der Waals surface area contributed by atoms with E-state index in [9.17, 15) is 13.2 Å². The molecule has 0 saturated heterocycles. The Morgan fingerprint density at radius 2 is 1.63 bits per heavy atom. The van der Waals surface area contributed by atoms with E-state index in [1.165, 1.54) is 16.4 Å². The maximum atomic E-state index is 13.1. The van der Waals surface area contributed by atoms with Gasteiger partial charge in [0.05, 0.1) is 11.4 Å². The zero-order valence-corrected chi connectivity index (χ0v) is 18.5. The third-order valence-corrected chi connectivity index (χ3v) is 6.14. The summed E-state index contributed by atoms with van der Waals surface area (Å²) in [6.07, 6.45) is 0. The van der Waals surface area contributed by atoms with Gasteiger partial charge in [-0.3, -0.25) is 4.79 Å². The standard InChI is InChI=1S/C19H22BrClN2O3S/c1-19(2,3)22-18(24)13-23(12-14-4-8-16(21)9-5-14)27(25,26)17-10-6-15(20)7-11-17/h4-11H,12-13H2,1-3H3,(H,22,24). The van der Waals surface area contributed by atoms with Crippen LogP contribution in [0.3, 0.4) is 0 Å². The van der Waals surface area contributed by atoms with E-state index in [0.717, 1.165) is 10.0 Å². The highest BCUT2D eigenvalue weighted by Gasteiger charge is 2.28. The average molecular weight is 474 g/mol. The summed E-state index contributed by atoms with van der Waals surface area (Å²) in [4.78, 5) is 12.5. The number of sulfonamides is 1. The molecule has 0 unspecified atom stereocenters. The molecule has 2 aromatic rings. The molecule has 5 nitrogen and oxygen atoms in total. The Labute approximate surface area is 173 Å². The number of carbonyl (C=O) groups excluding carboxylic acids is 1. The van der Waals surface area contributed by atoms with Crippen molar-refractivity contribution in [3.63, 3.8) is 0 Å². The lowest BCUT2D eigenvalue weighted by Crippen LogP contribution is -2.47. The molecule has 1 N–H and O–H groups in total. The van der Waals surface area contributed by atoms with Crippen molar-refractivity contribution in [2.75, 3.05) is 6.54 Å². The average Bonchev–Trinajstić information content (AvgIpc) is 2.55. The van der Waals surface area contributed by atoms with Crippen LogP contribution in [0.15, 0.2) is 57.9 Å². The number of amides is 1. The van der Waals surface area contributed by atoms with E-state index < -0.39 is 15.6 Å². The maximum Gasteiger partial charge on any atom is 0.243 e. The quantitative estimate of drug-likeness (QED) is 0.683. The molecule has 0 spiro atoms. The van der Waals surface area contributed by atoms with Gasteiger partial charge in [0, 0.05) is 21.6 Å². The highest BCUT2D eigenvalue weighted by atomic mass is 79.9. The summed E-state index contributed by atoms with van der Waals surface area (Å²) in [7, 11) is -3.86. The Hall–Kier alpha value is -1.41. The predicted molar refractivity (Wildman–Crippen MR) is 111 cm³/mol. The third-order valence-electron chi connectivity index (χ3n) is 3.56. The maximum absolute atomic E-state index is 13.1. The van der Waals surface area contributed by atoms with Crippen molar-refractivity contribution in [3.8, 4) is 0 Å². The number of hydrogen-bond acceptors (Lipinski definition) is 3. The van der Waals surface area contributed by atoms with Crippen molar-refractivity contribution in [1.29, 1.82) is 0 Å². The lowest BCUT2D eigenvalue weighted by Gasteiger charge is -2.25. The van der Waals surface area contributed by atoms with Gasteiger partial charge in [-0.25, -0.2) is 8.42 Å². The molecule has 0 aliphatic carbocycles. The van der Waals surface area contributed by atoms with Crippen LogP contribution in [0.1, 0.15) is 26.3 Å². The van der Waals surface area contributed by atoms with Crippen LogP contribution in [0.2, 0.25) is 5.02 Å². The van der Waals surface area contributed by atoms with Gasteiger partial charge in [0.25, 0.3) is 0 Å². The van der Waals surface area contributed by atoms with Gasteiger partial charge in [-0.2, -0.15) is 4.31 Å². The van der Waals surface area contributed by atoms with Crippen LogP contribution in [0.4, 0.5) is 0 Å². The van der Waals surface area contributed by atoms with E-state index in [1.807, 2.05) is 20.8 Å². The van der Waals surface area contributed by atoms with Crippen LogP contribution in [-0.2, 0) is 21.4 Å². The number of rotatable bonds is 6. The molecule has 146 valence electrons. The van der Waals surface area contributed by atoms with Crippen molar-refractivity contribution in [2.45, 2.75) is 37.8 Å². The Kier molecular flexibility index (Phi) is 7.08. The summed E-state index contributed by atoms with van der Waals surface area (Å²) < 4.78 is 28.2. The highest BCUT2D eigenvalue weighted by Crippen LogP contribution is 2.21. The molecule has 0 heterocycles. The van der Waals surface area contributed by atoms with Gasteiger partial charge in [0.1, 0.15) is 0 Å². The first-order valence-electron chi connectivity index (χ1n) is 8.28. The van der Waals surface area contributed by atoms with E-state index in [1.54, 1.807) is 36.4 Å². The molecule has 0 aliphatic heterocycles. The molecule has 0 bridgehead atoms. The summed E-state index contributed by atoms with van der Waals surface area (Å²) in [6, 6.07) is 13.2. The van der Waals surface area contributed by atoms with Crippen LogP contribution in [-0.4, -0.2) is 30.7 Å². The van der Waals surface area contributed by atoms with Crippen LogP contribution >= 0.6 is 27.5 Å². The second kappa shape index (κ2) is 8.73. The van der Waals surface area contributed by atoms with Crippen molar-refractivity contribution < 1.29 is 13.2 Å². The fourth-order valence-electron chi connectivity index (χ4n) is 2.39. The molecule has 0 saturated carbocycles. The summed E-state index contributed by atoms with van der Waals surface area (Å²) in [6.45, 7) is 5.32. The zero-order chi connectivity index (χ0) is 20.2. The molecule has 8 heteroatoms. The van der Waals surface area contributed by atoms with E-state index in [-0.39, 0.29) is 23.9 Å². The van der Waals surface area contributed by atoms with E-state index >= 15 is 0 Å². The first-order valence-corrected chi connectivity index (χ1v) is 10.9. The lowest BCUT2D eigenvalue weighted by molar-refractivity contribution is -0.122. The Bertz CT molecular complexity index is 892. The summed E-state index contributed by atoms with van der Waals surface area (Å²) in [5.74, 6) is -0.364. The minimum Gasteiger partial charge on any atom is -0.350 e. The molecular formula is C19H22BrClN2O3S. The molecule has 27 heavy (non-hydrogen) atoms. The monoisotopic (exact) mass is 472 g/mol. The summed E-state index contributed by atoms with van der Waals surface area (Å²) >= 11 is 9.20. The van der Waals surface area contributed by atoms with Crippen molar-refractivity contribution in [3.05, 3.63) is 63.6 Å². The van der Waals surface area contributed by atoms with Crippen molar-refractivity contribution in [1.82, 2.24) is 9.62 Å². The first-order chi connectivity index (χ1) is 12.5. The first kappa shape index (κ1) is 21.9. The molecule has 1 amide bonds. The molecule has 0 aliphatic rings. The number of carbonyl (C=O) groups is 1. The summed E-state index contributed by atoms with van der Waals surface area (Å²) in [5, 5.41) is 3.37. The number of nitrogens with one attached hydrogen (secondary N) is 1. The smallest absolute Gasteiger partial charge is 0.243 e. The van der Waals surface area contributed by atoms with Gasteiger partial charge in [-0.1, -0.05) is 39.7 Å². The van der Waals surface area contributed by atoms with Gasteiger partial charge in [-0.15, -0.1) is 0 Å². The molecule has 2 rings (SSSR count). The van der Waals surface area contributed by atoms with Crippen LogP contribution < -0.4 is 5.32 Å². The van der Waals surface area contributed by atoms with Gasteiger partial charge in [0.2, 0.25) is 15.9 Å². The van der Waals surface area contributed by atoms with E-state index in [2.05, 4.69) is 21.2 Å². The zero-order valence-electron chi connectivity index (χ0n) is 15.4. The van der Waals surface area contributed by atoms with Crippen molar-refractivity contribution in [2.24, 2.45) is 0 Å². The van der Waals surface area contributed by atoms with Crippen molar-refractivity contribution >= 4 is 43.5 Å². The van der Waals surface area contributed by atoms with Gasteiger partial charge < -0.3 is 5.32 Å². The number of nitrogens with zero attached hydrogens (tertiary/aromatic N) is 1. The van der Waals surface area contributed by atoms with Crippen LogP contribution in [0.25, 0.3) is 0 Å². The third kappa shape index (κ3) is 6.60. The minimum atomic E-state index is -3.86. The fourth-order valence-corrected chi connectivity index (χ4v) is 4.17. The predicted octanol–water partition coefficient (Wildman–Crippen LogP) is 4.21. The molecule has 0 radical (unpaired) electrons. The molecular weight excluding hydrogens is 452 g/mol. The second-order valence-electron chi connectivity index (χ2n) is 7.15. The van der Waals surface area contributed by atoms with E-state index in [4.69, 9.17) is 11.6 Å². The topological polar surface area (TPSA) is 66.5 Å². The van der Waals surface area contributed by atoms with Gasteiger partial charge in [-0.05, 0) is 62.7 Å². The van der Waals surface area contributed by atoms with E-state index in [0.29, 0.717) is 5.02 Å². The SMILES string of the molecule is CC(C)(C)NC(=O)CN(Cc1ccc(Cl)cc1)S(=O)(=O)c1ccc(Br)cc1. The molecule has 0 atom stereocenters. The normalized spacial score (nSPS) is 12.2. The molecule has 2 aromatic carbocycles. The van der Waals surface area contributed by atoms with Gasteiger partial charge in [0.15, 0.2) is 0 Å². The lowest BCUT2D eigenvalue weighted by atomic mass is 10.1. The Morgan fingerprint density at radius 3 is 2.15 bits per heavy atom. The van der Waals surface area contributed by atoms with Gasteiger partial charge >= 0.3 is 0 Å². The second-order valence-corrected chi connectivity index (χ2v) is 10.4. The fraction of sp³-hybridized carbons (Fsp3) is 0.316. The number of benzene rings is 2. The molecule has 0 aromatic heterocycles. The summed E-state index contributed by atoms with van der Waals surface area (Å²) in [5.41, 5.74) is 0.286. The number of halogens is 2. The highest BCUT2D eigenvalue weighted by molar-refractivity contribution is 9.10. The largest absolute Gasteiger partial charge is 0.350 e. The van der Waals surface area contributed by atoms with Crippen LogP contribution in [0.5, 0.6) is 0 Å². The minimum absolute atomic E-state index is 0.0626. The Balaban J connectivity index is 2.34. The number of hydrogen-bond donors (Lipinski definition) is 1.